The van der Waals surface area contributed by atoms with Gasteiger partial charge in [-0.05, 0) is 19.8 Å². The summed E-state index contributed by atoms with van der Waals surface area (Å²) in [6, 6.07) is 2.00. The molecule has 1 saturated heterocycles. The first kappa shape index (κ1) is 8.56. The quantitative estimate of drug-likeness (QED) is 0.711. The third-order valence-corrected chi connectivity index (χ3v) is 2.37. The van der Waals surface area contributed by atoms with E-state index in [0.29, 0.717) is 6.04 Å². The minimum Gasteiger partial charge on any atom is -0.493 e. The molecule has 0 amide bonds. The Morgan fingerprint density at radius 1 is 1.54 bits per heavy atom. The van der Waals surface area contributed by atoms with Crippen molar-refractivity contribution < 1.29 is 9.84 Å². The van der Waals surface area contributed by atoms with Crippen molar-refractivity contribution in [2.45, 2.75) is 25.8 Å². The van der Waals surface area contributed by atoms with Gasteiger partial charge in [-0.25, -0.2) is 4.68 Å². The molecule has 0 atom stereocenters. The zero-order chi connectivity index (χ0) is 9.26. The van der Waals surface area contributed by atoms with E-state index >= 15 is 0 Å². The fraction of sp³-hybridized carbons (Fsp3) is 0.667. The van der Waals surface area contributed by atoms with Crippen molar-refractivity contribution in [2.75, 3.05) is 13.2 Å². The van der Waals surface area contributed by atoms with Crippen LogP contribution in [0.4, 0.5) is 0 Å². The topological polar surface area (TPSA) is 47.3 Å². The van der Waals surface area contributed by atoms with Crippen molar-refractivity contribution in [2.24, 2.45) is 0 Å². The van der Waals surface area contributed by atoms with Crippen LogP contribution in [0.1, 0.15) is 24.6 Å². The van der Waals surface area contributed by atoms with E-state index < -0.39 is 0 Å². The monoisotopic (exact) mass is 182 g/mol. The number of aromatic hydroxyl groups is 1. The Labute approximate surface area is 77.1 Å². The Balaban J connectivity index is 2.18. The Morgan fingerprint density at radius 3 is 2.77 bits per heavy atom. The van der Waals surface area contributed by atoms with Crippen LogP contribution in [-0.4, -0.2) is 28.1 Å². The smallest absolute Gasteiger partial charge is 0.209 e. The van der Waals surface area contributed by atoms with E-state index in [9.17, 15) is 5.11 Å². The highest BCUT2D eigenvalue weighted by molar-refractivity contribution is 5.13. The van der Waals surface area contributed by atoms with Gasteiger partial charge in [0, 0.05) is 19.3 Å². The standard InChI is InChI=1S/C9H14N2O2/c1-7-6-9(12)11(10-7)8-2-4-13-5-3-8/h6,8,12H,2-5H2,1H3. The molecule has 0 aromatic carbocycles. The molecule has 1 aromatic heterocycles. The molecule has 0 bridgehead atoms. The predicted molar refractivity (Wildman–Crippen MR) is 47.7 cm³/mol. The molecule has 0 saturated carbocycles. The molecule has 1 aliphatic heterocycles. The summed E-state index contributed by atoms with van der Waals surface area (Å²) in [6.45, 7) is 3.42. The molecule has 2 rings (SSSR count). The first-order chi connectivity index (χ1) is 6.27. The van der Waals surface area contributed by atoms with Crippen LogP contribution in [0.5, 0.6) is 5.88 Å². The van der Waals surface area contributed by atoms with E-state index in [1.54, 1.807) is 10.7 Å². The van der Waals surface area contributed by atoms with Crippen LogP contribution in [0.15, 0.2) is 6.07 Å². The number of aromatic nitrogens is 2. The van der Waals surface area contributed by atoms with Gasteiger partial charge < -0.3 is 9.84 Å². The van der Waals surface area contributed by atoms with Crippen LogP contribution in [0, 0.1) is 6.92 Å². The third kappa shape index (κ3) is 1.67. The van der Waals surface area contributed by atoms with Crippen molar-refractivity contribution in [3.63, 3.8) is 0 Å². The van der Waals surface area contributed by atoms with Crippen LogP contribution >= 0.6 is 0 Å². The number of hydrogen-bond donors (Lipinski definition) is 1. The number of nitrogens with zero attached hydrogens (tertiary/aromatic N) is 2. The van der Waals surface area contributed by atoms with Gasteiger partial charge >= 0.3 is 0 Å². The van der Waals surface area contributed by atoms with E-state index in [1.165, 1.54) is 0 Å². The number of hydrogen-bond acceptors (Lipinski definition) is 3. The summed E-state index contributed by atoms with van der Waals surface area (Å²) in [5, 5.41) is 13.8. The molecule has 1 aromatic rings. The van der Waals surface area contributed by atoms with Crippen molar-refractivity contribution in [3.8, 4) is 5.88 Å². The van der Waals surface area contributed by atoms with Crippen molar-refractivity contribution in [3.05, 3.63) is 11.8 Å². The molecular weight excluding hydrogens is 168 g/mol. The van der Waals surface area contributed by atoms with E-state index in [2.05, 4.69) is 5.10 Å². The van der Waals surface area contributed by atoms with E-state index in [0.717, 1.165) is 31.7 Å². The summed E-state index contributed by atoms with van der Waals surface area (Å²) in [4.78, 5) is 0. The first-order valence-electron chi connectivity index (χ1n) is 4.60. The van der Waals surface area contributed by atoms with Gasteiger partial charge in [0.15, 0.2) is 0 Å². The van der Waals surface area contributed by atoms with Crippen molar-refractivity contribution in [1.82, 2.24) is 9.78 Å². The molecule has 4 heteroatoms. The normalized spacial score (nSPS) is 19.2. The third-order valence-electron chi connectivity index (χ3n) is 2.37. The van der Waals surface area contributed by atoms with Gasteiger partial charge in [-0.1, -0.05) is 0 Å². The Kier molecular flexibility index (Phi) is 2.22. The molecule has 2 heterocycles. The average molecular weight is 182 g/mol. The maximum Gasteiger partial charge on any atom is 0.209 e. The molecule has 0 unspecified atom stereocenters. The van der Waals surface area contributed by atoms with Crippen LogP contribution in [0.2, 0.25) is 0 Å². The Bertz CT molecular complexity index is 290. The molecular formula is C9H14N2O2. The highest BCUT2D eigenvalue weighted by atomic mass is 16.5. The molecule has 0 radical (unpaired) electrons. The second kappa shape index (κ2) is 3.38. The summed E-state index contributed by atoms with van der Waals surface area (Å²) < 4.78 is 6.95. The number of ether oxygens (including phenoxy) is 1. The SMILES string of the molecule is Cc1cc(O)n(C2CCOCC2)n1. The van der Waals surface area contributed by atoms with Gasteiger partial charge in [-0.15, -0.1) is 0 Å². The lowest BCUT2D eigenvalue weighted by Gasteiger charge is -2.22. The summed E-state index contributed by atoms with van der Waals surface area (Å²) in [6.07, 6.45) is 1.88. The number of rotatable bonds is 1. The molecule has 13 heavy (non-hydrogen) atoms. The minimum absolute atomic E-state index is 0.268. The number of aryl methyl sites for hydroxylation is 1. The summed E-state index contributed by atoms with van der Waals surface area (Å²) >= 11 is 0. The van der Waals surface area contributed by atoms with Crippen molar-refractivity contribution >= 4 is 0 Å². The van der Waals surface area contributed by atoms with Gasteiger partial charge in [0.25, 0.3) is 0 Å². The molecule has 1 fully saturated rings. The summed E-state index contributed by atoms with van der Waals surface area (Å²) in [7, 11) is 0. The lowest BCUT2D eigenvalue weighted by Crippen LogP contribution is -2.20. The first-order valence-corrected chi connectivity index (χ1v) is 4.60. The van der Waals surface area contributed by atoms with Gasteiger partial charge in [-0.2, -0.15) is 5.10 Å². The van der Waals surface area contributed by atoms with E-state index in [4.69, 9.17) is 4.74 Å². The molecule has 72 valence electrons. The largest absolute Gasteiger partial charge is 0.493 e. The average Bonchev–Trinajstić information content (AvgIpc) is 2.47. The fourth-order valence-corrected chi connectivity index (χ4v) is 1.70. The highest BCUT2D eigenvalue weighted by Crippen LogP contribution is 2.25. The summed E-state index contributed by atoms with van der Waals surface area (Å²) in [5.74, 6) is 0.268. The van der Waals surface area contributed by atoms with E-state index in [-0.39, 0.29) is 5.88 Å². The second-order valence-corrected chi connectivity index (χ2v) is 3.43. The van der Waals surface area contributed by atoms with Crippen molar-refractivity contribution in [1.29, 1.82) is 0 Å². The maximum absolute atomic E-state index is 9.54. The van der Waals surface area contributed by atoms with Crippen LogP contribution in [0.3, 0.4) is 0 Å². The molecule has 0 spiro atoms. The van der Waals surface area contributed by atoms with Gasteiger partial charge in [0.05, 0.1) is 11.7 Å². The van der Waals surface area contributed by atoms with Crippen LogP contribution in [-0.2, 0) is 4.74 Å². The lowest BCUT2D eigenvalue weighted by molar-refractivity contribution is 0.0638. The zero-order valence-electron chi connectivity index (χ0n) is 7.73. The predicted octanol–water partition coefficient (Wildman–Crippen LogP) is 1.25. The zero-order valence-corrected chi connectivity index (χ0v) is 7.73. The van der Waals surface area contributed by atoms with Gasteiger partial charge in [-0.3, -0.25) is 0 Å². The Hall–Kier alpha value is -1.03. The van der Waals surface area contributed by atoms with Crippen LogP contribution < -0.4 is 0 Å². The molecule has 0 aliphatic carbocycles. The van der Waals surface area contributed by atoms with Crippen LogP contribution in [0.25, 0.3) is 0 Å². The molecule has 1 N–H and O–H groups in total. The highest BCUT2D eigenvalue weighted by Gasteiger charge is 2.18. The lowest BCUT2D eigenvalue weighted by atomic mass is 10.1. The van der Waals surface area contributed by atoms with Gasteiger partial charge in [0.1, 0.15) is 0 Å². The molecule has 1 aliphatic rings. The fourth-order valence-electron chi connectivity index (χ4n) is 1.70. The van der Waals surface area contributed by atoms with E-state index in [1.807, 2.05) is 6.92 Å². The second-order valence-electron chi connectivity index (χ2n) is 3.43. The minimum atomic E-state index is 0.268. The Morgan fingerprint density at radius 2 is 2.23 bits per heavy atom. The van der Waals surface area contributed by atoms with Gasteiger partial charge in [0.2, 0.25) is 5.88 Å². The molecule has 4 nitrogen and oxygen atoms in total. The maximum atomic E-state index is 9.54. The summed E-state index contributed by atoms with van der Waals surface area (Å²) in [5.41, 5.74) is 0.865.